The smallest absolute Gasteiger partial charge is 0.142 e. The topological polar surface area (TPSA) is 21.3 Å². The summed E-state index contributed by atoms with van der Waals surface area (Å²) in [5.74, 6) is 0.188. The van der Waals surface area contributed by atoms with E-state index in [0.29, 0.717) is 10.8 Å². The fourth-order valence-electron chi connectivity index (χ4n) is 1.87. The van der Waals surface area contributed by atoms with E-state index in [-0.39, 0.29) is 11.1 Å². The zero-order valence-corrected chi connectivity index (χ0v) is 12.6. The van der Waals surface area contributed by atoms with Gasteiger partial charge in [0.05, 0.1) is 17.2 Å². The van der Waals surface area contributed by atoms with Crippen molar-refractivity contribution in [2.24, 2.45) is 0 Å². The molecule has 0 saturated heterocycles. The lowest BCUT2D eigenvalue weighted by Gasteiger charge is -2.17. The summed E-state index contributed by atoms with van der Waals surface area (Å²) in [6.45, 7) is 1.93. The first-order chi connectivity index (χ1) is 9.51. The summed E-state index contributed by atoms with van der Waals surface area (Å²) in [4.78, 5) is 0. The quantitative estimate of drug-likeness (QED) is 0.825. The standard InChI is InChI=1S/C15H14Cl2FNO/c1-9(10-3-5-12(16)14(18)7-10)19-11-4-6-15(20-2)13(17)8-11/h3-9,19H,1-2H3. The number of benzene rings is 2. The van der Waals surface area contributed by atoms with E-state index in [9.17, 15) is 4.39 Å². The molecule has 0 bridgehead atoms. The molecule has 2 nitrogen and oxygen atoms in total. The molecule has 2 rings (SSSR count). The molecule has 20 heavy (non-hydrogen) atoms. The van der Waals surface area contributed by atoms with Crippen molar-refractivity contribution < 1.29 is 9.13 Å². The summed E-state index contributed by atoms with van der Waals surface area (Å²) >= 11 is 11.7. The maximum absolute atomic E-state index is 13.4. The summed E-state index contributed by atoms with van der Waals surface area (Å²) in [5.41, 5.74) is 1.64. The van der Waals surface area contributed by atoms with Crippen LogP contribution in [0.2, 0.25) is 10.0 Å². The van der Waals surface area contributed by atoms with Crippen molar-refractivity contribution in [3.05, 3.63) is 57.8 Å². The van der Waals surface area contributed by atoms with Crippen molar-refractivity contribution in [3.8, 4) is 5.75 Å². The second kappa shape index (κ2) is 6.33. The largest absolute Gasteiger partial charge is 0.495 e. The maximum atomic E-state index is 13.4. The predicted molar refractivity (Wildman–Crippen MR) is 81.5 cm³/mol. The zero-order valence-electron chi connectivity index (χ0n) is 11.1. The van der Waals surface area contributed by atoms with E-state index in [1.54, 1.807) is 31.4 Å². The fraction of sp³-hybridized carbons (Fsp3) is 0.200. The Morgan fingerprint density at radius 1 is 1.10 bits per heavy atom. The Morgan fingerprint density at radius 2 is 1.85 bits per heavy atom. The SMILES string of the molecule is COc1ccc(NC(C)c2ccc(Cl)c(F)c2)cc1Cl. The summed E-state index contributed by atoms with van der Waals surface area (Å²) in [7, 11) is 1.56. The second-order valence-corrected chi connectivity index (χ2v) is 5.20. The molecule has 0 aliphatic heterocycles. The highest BCUT2D eigenvalue weighted by atomic mass is 35.5. The van der Waals surface area contributed by atoms with E-state index >= 15 is 0 Å². The van der Waals surface area contributed by atoms with Gasteiger partial charge < -0.3 is 10.1 Å². The Balaban J connectivity index is 2.16. The summed E-state index contributed by atoms with van der Waals surface area (Å²) in [5, 5.41) is 3.89. The van der Waals surface area contributed by atoms with Gasteiger partial charge >= 0.3 is 0 Å². The average molecular weight is 314 g/mol. The first-order valence-corrected chi connectivity index (χ1v) is 6.82. The highest BCUT2D eigenvalue weighted by molar-refractivity contribution is 6.32. The van der Waals surface area contributed by atoms with E-state index < -0.39 is 5.82 Å². The number of hydrogen-bond acceptors (Lipinski definition) is 2. The van der Waals surface area contributed by atoms with Crippen molar-refractivity contribution in [2.45, 2.75) is 13.0 Å². The van der Waals surface area contributed by atoms with Crippen LogP contribution in [0.15, 0.2) is 36.4 Å². The molecule has 5 heteroatoms. The van der Waals surface area contributed by atoms with E-state index in [4.69, 9.17) is 27.9 Å². The number of rotatable bonds is 4. The first-order valence-electron chi connectivity index (χ1n) is 6.06. The van der Waals surface area contributed by atoms with Crippen LogP contribution in [0.1, 0.15) is 18.5 Å². The fourth-order valence-corrected chi connectivity index (χ4v) is 2.25. The van der Waals surface area contributed by atoms with E-state index in [0.717, 1.165) is 11.3 Å². The molecule has 0 saturated carbocycles. The molecule has 0 radical (unpaired) electrons. The molecule has 0 spiro atoms. The van der Waals surface area contributed by atoms with Gasteiger partial charge in [-0.1, -0.05) is 29.3 Å². The number of ether oxygens (including phenoxy) is 1. The van der Waals surface area contributed by atoms with Crippen LogP contribution in [0.5, 0.6) is 5.75 Å². The van der Waals surface area contributed by atoms with Crippen molar-refractivity contribution in [2.75, 3.05) is 12.4 Å². The van der Waals surface area contributed by atoms with Crippen LogP contribution in [0.25, 0.3) is 0 Å². The monoisotopic (exact) mass is 313 g/mol. The Morgan fingerprint density at radius 3 is 2.45 bits per heavy atom. The van der Waals surface area contributed by atoms with Crippen LogP contribution in [0, 0.1) is 5.82 Å². The van der Waals surface area contributed by atoms with Crippen LogP contribution in [0.3, 0.4) is 0 Å². The van der Waals surface area contributed by atoms with E-state index in [1.165, 1.54) is 6.07 Å². The summed E-state index contributed by atoms with van der Waals surface area (Å²) in [6, 6.07) is 10.1. The van der Waals surface area contributed by atoms with Crippen LogP contribution in [0.4, 0.5) is 10.1 Å². The van der Waals surface area contributed by atoms with Gasteiger partial charge in [-0.25, -0.2) is 4.39 Å². The highest BCUT2D eigenvalue weighted by Gasteiger charge is 2.09. The Hall–Kier alpha value is -1.45. The molecule has 2 aromatic rings. The van der Waals surface area contributed by atoms with Gasteiger partial charge in [-0.15, -0.1) is 0 Å². The minimum Gasteiger partial charge on any atom is -0.495 e. The molecule has 0 fully saturated rings. The third kappa shape index (κ3) is 3.35. The maximum Gasteiger partial charge on any atom is 0.142 e. The zero-order chi connectivity index (χ0) is 14.7. The summed E-state index contributed by atoms with van der Waals surface area (Å²) < 4.78 is 18.5. The van der Waals surface area contributed by atoms with E-state index in [1.807, 2.05) is 13.0 Å². The van der Waals surface area contributed by atoms with Crippen molar-refractivity contribution in [1.29, 1.82) is 0 Å². The Kier molecular flexibility index (Phi) is 4.73. The number of methoxy groups -OCH3 is 1. The minimum atomic E-state index is -0.425. The molecular weight excluding hydrogens is 300 g/mol. The van der Waals surface area contributed by atoms with Crippen molar-refractivity contribution in [3.63, 3.8) is 0 Å². The molecule has 1 N–H and O–H groups in total. The molecule has 106 valence electrons. The van der Waals surface area contributed by atoms with Crippen LogP contribution in [-0.4, -0.2) is 7.11 Å². The summed E-state index contributed by atoms with van der Waals surface area (Å²) in [6.07, 6.45) is 0. The van der Waals surface area contributed by atoms with Gasteiger partial charge in [-0.3, -0.25) is 0 Å². The molecule has 0 heterocycles. The van der Waals surface area contributed by atoms with Crippen molar-refractivity contribution in [1.82, 2.24) is 0 Å². The molecular formula is C15H14Cl2FNO. The normalized spacial score (nSPS) is 12.1. The highest BCUT2D eigenvalue weighted by Crippen LogP contribution is 2.29. The Labute approximate surface area is 127 Å². The second-order valence-electron chi connectivity index (χ2n) is 4.39. The van der Waals surface area contributed by atoms with E-state index in [2.05, 4.69) is 5.32 Å². The van der Waals surface area contributed by atoms with Crippen LogP contribution in [-0.2, 0) is 0 Å². The first kappa shape index (κ1) is 14.9. The number of hydrogen-bond donors (Lipinski definition) is 1. The Bertz CT molecular complexity index is 619. The predicted octanol–water partition coefficient (Wildman–Crippen LogP) is 5.31. The van der Waals surface area contributed by atoms with Gasteiger partial charge in [0.15, 0.2) is 0 Å². The van der Waals surface area contributed by atoms with Gasteiger partial charge in [0.2, 0.25) is 0 Å². The number of halogens is 3. The molecule has 0 aliphatic rings. The molecule has 1 atom stereocenters. The molecule has 0 amide bonds. The third-order valence-corrected chi connectivity index (χ3v) is 3.58. The lowest BCUT2D eigenvalue weighted by Crippen LogP contribution is -2.07. The third-order valence-electron chi connectivity index (χ3n) is 2.98. The van der Waals surface area contributed by atoms with Crippen molar-refractivity contribution >= 4 is 28.9 Å². The van der Waals surface area contributed by atoms with Crippen LogP contribution >= 0.6 is 23.2 Å². The van der Waals surface area contributed by atoms with Gasteiger partial charge in [0, 0.05) is 11.7 Å². The molecule has 0 aromatic heterocycles. The van der Waals surface area contributed by atoms with Crippen LogP contribution < -0.4 is 10.1 Å². The number of anilines is 1. The van der Waals surface area contributed by atoms with Gasteiger partial charge in [-0.05, 0) is 42.8 Å². The average Bonchev–Trinajstić information content (AvgIpc) is 2.42. The molecule has 2 aromatic carbocycles. The van der Waals surface area contributed by atoms with Gasteiger partial charge in [0.1, 0.15) is 11.6 Å². The minimum absolute atomic E-state index is 0.0776. The lowest BCUT2D eigenvalue weighted by atomic mass is 10.1. The van der Waals surface area contributed by atoms with Gasteiger partial charge in [-0.2, -0.15) is 0 Å². The molecule has 0 aliphatic carbocycles. The lowest BCUT2D eigenvalue weighted by molar-refractivity contribution is 0.415. The number of nitrogens with one attached hydrogen (secondary N) is 1. The molecule has 1 unspecified atom stereocenters. The van der Waals surface area contributed by atoms with Gasteiger partial charge in [0.25, 0.3) is 0 Å².